The molecular formula is C12H18O2. The largest absolute Gasteiger partial charge is 0.508 e. The van der Waals surface area contributed by atoms with Crippen molar-refractivity contribution in [3.8, 4) is 5.75 Å². The number of hydrogen-bond donors (Lipinski definition) is 2. The Bertz CT molecular complexity index is 314. The molecule has 0 saturated carbocycles. The zero-order chi connectivity index (χ0) is 10.8. The topological polar surface area (TPSA) is 40.5 Å². The molecule has 14 heavy (non-hydrogen) atoms. The van der Waals surface area contributed by atoms with Crippen molar-refractivity contribution in [3.63, 3.8) is 0 Å². The molecule has 0 spiro atoms. The minimum absolute atomic E-state index is 0.182. The predicted octanol–water partition coefficient (Wildman–Crippen LogP) is 2.71. The van der Waals surface area contributed by atoms with Crippen molar-refractivity contribution in [1.82, 2.24) is 0 Å². The molecule has 0 aromatic heterocycles. The van der Waals surface area contributed by atoms with Gasteiger partial charge in [0.1, 0.15) is 5.75 Å². The summed E-state index contributed by atoms with van der Waals surface area (Å²) in [5.41, 5.74) is 0.802. The van der Waals surface area contributed by atoms with Crippen LogP contribution in [0.2, 0.25) is 0 Å². The minimum Gasteiger partial charge on any atom is -0.508 e. The van der Waals surface area contributed by atoms with Gasteiger partial charge in [-0.25, -0.2) is 0 Å². The van der Waals surface area contributed by atoms with Gasteiger partial charge in [0.15, 0.2) is 0 Å². The van der Waals surface area contributed by atoms with E-state index in [0.29, 0.717) is 18.4 Å². The van der Waals surface area contributed by atoms with E-state index in [4.69, 9.17) is 0 Å². The Morgan fingerprint density at radius 2 is 1.79 bits per heavy atom. The highest BCUT2D eigenvalue weighted by atomic mass is 16.3. The quantitative estimate of drug-likeness (QED) is 0.776. The second-order valence-corrected chi connectivity index (χ2v) is 3.76. The summed E-state index contributed by atoms with van der Waals surface area (Å²) in [6.07, 6.45) is 1.22. The molecule has 2 heteroatoms. The number of aryl methyl sites for hydroxylation is 1. The van der Waals surface area contributed by atoms with E-state index in [1.54, 1.807) is 6.07 Å². The maximum absolute atomic E-state index is 10.2. The van der Waals surface area contributed by atoms with Crippen LogP contribution in [0, 0.1) is 6.92 Å². The maximum atomic E-state index is 10.2. The van der Waals surface area contributed by atoms with Crippen molar-refractivity contribution in [2.75, 3.05) is 0 Å². The molecule has 0 aliphatic heterocycles. The van der Waals surface area contributed by atoms with Crippen LogP contribution < -0.4 is 0 Å². The summed E-state index contributed by atoms with van der Waals surface area (Å²) in [4.78, 5) is 0. The summed E-state index contributed by atoms with van der Waals surface area (Å²) in [6.45, 7) is 5.80. The fourth-order valence-corrected chi connectivity index (χ4v) is 1.65. The van der Waals surface area contributed by atoms with E-state index in [-0.39, 0.29) is 5.75 Å². The van der Waals surface area contributed by atoms with E-state index >= 15 is 0 Å². The molecule has 2 N–H and O–H groups in total. The van der Waals surface area contributed by atoms with Crippen molar-refractivity contribution in [3.05, 3.63) is 29.3 Å². The number of aliphatic hydroxyl groups is 1. The Kier molecular flexibility index (Phi) is 3.17. The first-order chi connectivity index (χ1) is 6.53. The van der Waals surface area contributed by atoms with Crippen LogP contribution in [-0.2, 0) is 5.60 Å². The normalized spacial score (nSPS) is 11.7. The Morgan fingerprint density at radius 3 is 2.29 bits per heavy atom. The summed E-state index contributed by atoms with van der Waals surface area (Å²) in [7, 11) is 0. The lowest BCUT2D eigenvalue weighted by Gasteiger charge is -2.26. The lowest BCUT2D eigenvalue weighted by molar-refractivity contribution is 0.0261. The van der Waals surface area contributed by atoms with Gasteiger partial charge in [-0.15, -0.1) is 0 Å². The van der Waals surface area contributed by atoms with Crippen LogP contribution in [0.3, 0.4) is 0 Å². The van der Waals surface area contributed by atoms with Gasteiger partial charge < -0.3 is 10.2 Å². The lowest BCUT2D eigenvalue weighted by atomic mass is 9.87. The minimum atomic E-state index is -0.893. The van der Waals surface area contributed by atoms with Gasteiger partial charge in [0.25, 0.3) is 0 Å². The number of rotatable bonds is 3. The van der Waals surface area contributed by atoms with Crippen molar-refractivity contribution < 1.29 is 10.2 Å². The molecule has 2 nitrogen and oxygen atoms in total. The highest BCUT2D eigenvalue weighted by Gasteiger charge is 2.27. The third kappa shape index (κ3) is 1.90. The van der Waals surface area contributed by atoms with Crippen molar-refractivity contribution in [2.45, 2.75) is 39.2 Å². The van der Waals surface area contributed by atoms with Crippen molar-refractivity contribution >= 4 is 0 Å². The van der Waals surface area contributed by atoms with Gasteiger partial charge in [-0.2, -0.15) is 0 Å². The van der Waals surface area contributed by atoms with E-state index < -0.39 is 5.60 Å². The maximum Gasteiger partial charge on any atom is 0.121 e. The average molecular weight is 194 g/mol. The first-order valence-electron chi connectivity index (χ1n) is 5.06. The molecule has 0 aliphatic rings. The van der Waals surface area contributed by atoms with E-state index in [1.807, 2.05) is 32.9 Å². The molecule has 0 amide bonds. The number of hydrogen-bond acceptors (Lipinski definition) is 2. The van der Waals surface area contributed by atoms with Crippen molar-refractivity contribution in [2.24, 2.45) is 0 Å². The van der Waals surface area contributed by atoms with Gasteiger partial charge in [0.2, 0.25) is 0 Å². The lowest BCUT2D eigenvalue weighted by Crippen LogP contribution is -2.23. The average Bonchev–Trinajstić information content (AvgIpc) is 2.20. The fraction of sp³-hybridized carbons (Fsp3) is 0.500. The third-order valence-electron chi connectivity index (χ3n) is 2.82. The molecule has 0 fully saturated rings. The summed E-state index contributed by atoms with van der Waals surface area (Å²) in [5, 5.41) is 19.9. The summed E-state index contributed by atoms with van der Waals surface area (Å²) < 4.78 is 0. The van der Waals surface area contributed by atoms with Crippen LogP contribution in [0.5, 0.6) is 5.75 Å². The number of phenols is 1. The standard InChI is InChI=1S/C12H18O2/c1-4-12(14,5-2)10-8-9(3)6-7-11(10)13/h6-8,13-14H,4-5H2,1-3H3. The molecule has 0 saturated heterocycles. The first kappa shape index (κ1) is 11.1. The monoisotopic (exact) mass is 194 g/mol. The molecule has 1 aromatic rings. The Morgan fingerprint density at radius 1 is 1.21 bits per heavy atom. The number of aromatic hydroxyl groups is 1. The van der Waals surface area contributed by atoms with E-state index in [1.165, 1.54) is 0 Å². The van der Waals surface area contributed by atoms with Crippen molar-refractivity contribution in [1.29, 1.82) is 0 Å². The molecule has 0 unspecified atom stereocenters. The SMILES string of the molecule is CCC(O)(CC)c1cc(C)ccc1O. The Labute approximate surface area is 85.2 Å². The molecule has 0 radical (unpaired) electrons. The third-order valence-corrected chi connectivity index (χ3v) is 2.82. The molecule has 1 rings (SSSR count). The molecular weight excluding hydrogens is 176 g/mol. The molecule has 1 aromatic carbocycles. The highest BCUT2D eigenvalue weighted by molar-refractivity contribution is 5.39. The Hall–Kier alpha value is -1.02. The van der Waals surface area contributed by atoms with Crippen LogP contribution in [0.4, 0.5) is 0 Å². The van der Waals surface area contributed by atoms with E-state index in [2.05, 4.69) is 0 Å². The second kappa shape index (κ2) is 4.01. The zero-order valence-corrected chi connectivity index (χ0v) is 9.04. The fourth-order valence-electron chi connectivity index (χ4n) is 1.65. The predicted molar refractivity (Wildman–Crippen MR) is 57.3 cm³/mol. The van der Waals surface area contributed by atoms with E-state index in [0.717, 1.165) is 5.56 Å². The van der Waals surface area contributed by atoms with Gasteiger partial charge in [-0.3, -0.25) is 0 Å². The first-order valence-corrected chi connectivity index (χ1v) is 5.06. The van der Waals surface area contributed by atoms with Crippen LogP contribution in [0.15, 0.2) is 18.2 Å². The van der Waals surface area contributed by atoms with Gasteiger partial charge in [0, 0.05) is 5.56 Å². The van der Waals surface area contributed by atoms with Crippen LogP contribution >= 0.6 is 0 Å². The number of benzene rings is 1. The molecule has 0 bridgehead atoms. The zero-order valence-electron chi connectivity index (χ0n) is 9.04. The summed E-state index contributed by atoms with van der Waals surface area (Å²) in [6, 6.07) is 5.33. The van der Waals surface area contributed by atoms with Gasteiger partial charge in [0.05, 0.1) is 5.60 Å². The highest BCUT2D eigenvalue weighted by Crippen LogP contribution is 2.34. The number of phenolic OH excluding ortho intramolecular Hbond substituents is 1. The summed E-state index contributed by atoms with van der Waals surface area (Å²) in [5.74, 6) is 0.182. The molecule has 78 valence electrons. The van der Waals surface area contributed by atoms with Crippen LogP contribution in [-0.4, -0.2) is 10.2 Å². The van der Waals surface area contributed by atoms with E-state index in [9.17, 15) is 10.2 Å². The molecule has 0 heterocycles. The van der Waals surface area contributed by atoms with Gasteiger partial charge >= 0.3 is 0 Å². The molecule has 0 atom stereocenters. The summed E-state index contributed by atoms with van der Waals surface area (Å²) >= 11 is 0. The van der Waals surface area contributed by atoms with Gasteiger partial charge in [-0.05, 0) is 31.9 Å². The van der Waals surface area contributed by atoms with Gasteiger partial charge in [-0.1, -0.05) is 25.5 Å². The van der Waals surface area contributed by atoms with Crippen LogP contribution in [0.25, 0.3) is 0 Å². The van der Waals surface area contributed by atoms with Crippen LogP contribution in [0.1, 0.15) is 37.8 Å². The smallest absolute Gasteiger partial charge is 0.121 e. The Balaban J connectivity index is 3.22. The molecule has 0 aliphatic carbocycles. The second-order valence-electron chi connectivity index (χ2n) is 3.76.